The van der Waals surface area contributed by atoms with E-state index in [1.807, 2.05) is 4.90 Å². The molecule has 33 heavy (non-hydrogen) atoms. The number of hydrazine groups is 1. The molecule has 1 aromatic heterocycles. The van der Waals surface area contributed by atoms with E-state index in [1.165, 1.54) is 10.6 Å². The van der Waals surface area contributed by atoms with Crippen LogP contribution in [0.2, 0.25) is 0 Å². The summed E-state index contributed by atoms with van der Waals surface area (Å²) in [6.07, 6.45) is 2.07. The minimum atomic E-state index is -0.568. The predicted molar refractivity (Wildman–Crippen MR) is 126 cm³/mol. The summed E-state index contributed by atoms with van der Waals surface area (Å²) < 4.78 is 1.41. The van der Waals surface area contributed by atoms with Crippen molar-refractivity contribution < 1.29 is 9.72 Å². The largest absolute Gasteiger partial charge is 0.366 e. The molecule has 2 N–H and O–H groups in total. The van der Waals surface area contributed by atoms with Crippen molar-refractivity contribution in [3.05, 3.63) is 68.5 Å². The van der Waals surface area contributed by atoms with Gasteiger partial charge in [0.05, 0.1) is 15.8 Å². The summed E-state index contributed by atoms with van der Waals surface area (Å²) in [5.41, 5.74) is 6.03. The number of para-hydroxylation sites is 1. The molecule has 0 spiro atoms. The number of fused-ring (bicyclic) bond motifs is 1. The quantitative estimate of drug-likeness (QED) is 0.436. The average Bonchev–Trinajstić information content (AvgIpc) is 2.82. The Hall–Kier alpha value is -3.95. The van der Waals surface area contributed by atoms with E-state index in [1.54, 1.807) is 43.3 Å². The molecule has 10 nitrogen and oxygen atoms in total. The van der Waals surface area contributed by atoms with E-state index in [4.69, 9.17) is 0 Å². The van der Waals surface area contributed by atoms with E-state index >= 15 is 0 Å². The van der Waals surface area contributed by atoms with Gasteiger partial charge in [0.25, 0.3) is 17.2 Å². The number of nitro groups is 1. The average molecular weight is 450 g/mol. The topological polar surface area (TPSA) is 122 Å². The molecule has 0 aliphatic carbocycles. The number of amides is 1. The number of hydrogen-bond donors (Lipinski definition) is 2. The van der Waals surface area contributed by atoms with E-state index < -0.39 is 10.8 Å². The third kappa shape index (κ3) is 4.50. The summed E-state index contributed by atoms with van der Waals surface area (Å²) in [6, 6.07) is 11.4. The number of nitrogens with zero attached hydrogens (tertiary/aromatic N) is 4. The van der Waals surface area contributed by atoms with Gasteiger partial charge < -0.3 is 4.90 Å². The molecule has 1 aliphatic rings. The number of rotatable bonds is 6. The fraction of sp³-hybridized carbons (Fsp3) is 0.348. The molecule has 1 aliphatic heterocycles. The number of aromatic nitrogens is 2. The third-order valence-electron chi connectivity index (χ3n) is 5.90. The van der Waals surface area contributed by atoms with Gasteiger partial charge in [-0.1, -0.05) is 19.1 Å². The van der Waals surface area contributed by atoms with Gasteiger partial charge in [-0.3, -0.25) is 35.1 Å². The number of hydrogen-bond acceptors (Lipinski definition) is 7. The maximum atomic E-state index is 12.8. The van der Waals surface area contributed by atoms with Crippen LogP contribution < -0.4 is 21.3 Å². The normalized spacial score (nSPS) is 15.9. The van der Waals surface area contributed by atoms with Crippen molar-refractivity contribution in [2.75, 3.05) is 23.4 Å². The lowest BCUT2D eigenvalue weighted by atomic mass is 9.99. The Morgan fingerprint density at radius 1 is 1.27 bits per heavy atom. The summed E-state index contributed by atoms with van der Waals surface area (Å²) >= 11 is 0. The number of carbonyl (C=O) groups is 1. The first-order chi connectivity index (χ1) is 15.9. The van der Waals surface area contributed by atoms with E-state index in [0.717, 1.165) is 25.9 Å². The molecule has 1 fully saturated rings. The molecule has 10 heteroatoms. The standard InChI is InChI=1S/C23H26N6O4/c1-3-28-22(31)17-8-4-5-9-18(17)24-23(28)26-25-21(30)16-10-11-19(20(13-16)29(32)33)27-12-6-7-15(2)14-27/h4-5,8-11,13,15H,3,6-7,12,14H2,1-2H3,(H,24,26)(H,25,30)/t15-/m1/s1. The monoisotopic (exact) mass is 450 g/mol. The van der Waals surface area contributed by atoms with E-state index in [2.05, 4.69) is 22.8 Å². The first-order valence-corrected chi connectivity index (χ1v) is 11.0. The van der Waals surface area contributed by atoms with Gasteiger partial charge in [-0.05, 0) is 49.9 Å². The SMILES string of the molecule is CCn1c(NNC(=O)c2ccc(N3CCC[C@@H](C)C3)c([N+](=O)[O-])c2)nc2ccccc2c1=O. The summed E-state index contributed by atoms with van der Waals surface area (Å²) in [4.78, 5) is 43.2. The Morgan fingerprint density at radius 3 is 2.79 bits per heavy atom. The van der Waals surface area contributed by atoms with Crippen LogP contribution in [0.15, 0.2) is 47.3 Å². The molecule has 2 aromatic carbocycles. The molecule has 0 unspecified atom stereocenters. The first-order valence-electron chi connectivity index (χ1n) is 11.0. The Morgan fingerprint density at radius 2 is 2.06 bits per heavy atom. The molecular formula is C23H26N6O4. The van der Waals surface area contributed by atoms with Crippen LogP contribution in [-0.4, -0.2) is 33.5 Å². The predicted octanol–water partition coefficient (Wildman–Crippen LogP) is 3.32. The van der Waals surface area contributed by atoms with Gasteiger partial charge >= 0.3 is 0 Å². The van der Waals surface area contributed by atoms with Gasteiger partial charge in [0.2, 0.25) is 5.95 Å². The molecule has 172 valence electrons. The van der Waals surface area contributed by atoms with E-state index in [-0.39, 0.29) is 22.8 Å². The zero-order valence-electron chi connectivity index (χ0n) is 18.6. The zero-order valence-corrected chi connectivity index (χ0v) is 18.6. The number of nitro benzene ring substituents is 1. The van der Waals surface area contributed by atoms with Crippen LogP contribution >= 0.6 is 0 Å². The Balaban J connectivity index is 1.57. The van der Waals surface area contributed by atoms with Gasteiger partial charge in [0.15, 0.2) is 0 Å². The molecule has 0 radical (unpaired) electrons. The second-order valence-corrected chi connectivity index (χ2v) is 8.24. The van der Waals surface area contributed by atoms with Crippen LogP contribution in [0.4, 0.5) is 17.3 Å². The molecule has 1 amide bonds. The molecular weight excluding hydrogens is 424 g/mol. The second kappa shape index (κ2) is 9.27. The second-order valence-electron chi connectivity index (χ2n) is 8.24. The lowest BCUT2D eigenvalue weighted by Crippen LogP contribution is -2.35. The van der Waals surface area contributed by atoms with E-state index in [0.29, 0.717) is 29.1 Å². The summed E-state index contributed by atoms with van der Waals surface area (Å²) in [5.74, 6) is 0.0702. The van der Waals surface area contributed by atoms with Crippen molar-refractivity contribution in [3.63, 3.8) is 0 Å². The molecule has 0 saturated carbocycles. The zero-order chi connectivity index (χ0) is 23.5. The maximum absolute atomic E-state index is 12.8. The highest BCUT2D eigenvalue weighted by Gasteiger charge is 2.25. The Kier molecular flexibility index (Phi) is 6.25. The molecule has 3 aromatic rings. The van der Waals surface area contributed by atoms with Crippen molar-refractivity contribution in [3.8, 4) is 0 Å². The molecule has 1 saturated heterocycles. The fourth-order valence-corrected chi connectivity index (χ4v) is 4.23. The fourth-order valence-electron chi connectivity index (χ4n) is 4.23. The van der Waals surface area contributed by atoms with Crippen LogP contribution in [0, 0.1) is 16.0 Å². The number of anilines is 2. The van der Waals surface area contributed by atoms with Gasteiger partial charge in [-0.25, -0.2) is 4.98 Å². The Labute approximate surface area is 190 Å². The molecule has 1 atom stereocenters. The first kappa shape index (κ1) is 22.3. The van der Waals surface area contributed by atoms with Gasteiger partial charge in [0, 0.05) is 31.3 Å². The van der Waals surface area contributed by atoms with Crippen LogP contribution in [-0.2, 0) is 6.54 Å². The van der Waals surface area contributed by atoms with Gasteiger partial charge in [0.1, 0.15) is 5.69 Å². The van der Waals surface area contributed by atoms with Crippen molar-refractivity contribution in [1.29, 1.82) is 0 Å². The van der Waals surface area contributed by atoms with Crippen molar-refractivity contribution in [2.24, 2.45) is 5.92 Å². The maximum Gasteiger partial charge on any atom is 0.293 e. The molecule has 0 bridgehead atoms. The van der Waals surface area contributed by atoms with Gasteiger partial charge in [-0.15, -0.1) is 0 Å². The van der Waals surface area contributed by atoms with Crippen molar-refractivity contribution >= 4 is 34.1 Å². The minimum Gasteiger partial charge on any atom is -0.366 e. The number of benzene rings is 2. The van der Waals surface area contributed by atoms with Gasteiger partial charge in [-0.2, -0.15) is 0 Å². The van der Waals surface area contributed by atoms with Crippen LogP contribution in [0.3, 0.4) is 0 Å². The Bertz CT molecular complexity index is 1270. The van der Waals surface area contributed by atoms with Crippen molar-refractivity contribution in [1.82, 2.24) is 15.0 Å². The third-order valence-corrected chi connectivity index (χ3v) is 5.90. The molecule has 4 rings (SSSR count). The van der Waals surface area contributed by atoms with Crippen LogP contribution in [0.5, 0.6) is 0 Å². The highest BCUT2D eigenvalue weighted by atomic mass is 16.6. The van der Waals surface area contributed by atoms with E-state index in [9.17, 15) is 19.7 Å². The number of nitrogens with one attached hydrogen (secondary N) is 2. The smallest absolute Gasteiger partial charge is 0.293 e. The lowest BCUT2D eigenvalue weighted by Gasteiger charge is -2.32. The highest BCUT2D eigenvalue weighted by Crippen LogP contribution is 2.32. The summed E-state index contributed by atoms with van der Waals surface area (Å²) in [5, 5.41) is 12.2. The minimum absolute atomic E-state index is 0.106. The summed E-state index contributed by atoms with van der Waals surface area (Å²) in [6.45, 7) is 5.77. The lowest BCUT2D eigenvalue weighted by molar-refractivity contribution is -0.384. The van der Waals surface area contributed by atoms with Crippen LogP contribution in [0.25, 0.3) is 10.9 Å². The van der Waals surface area contributed by atoms with Crippen LogP contribution in [0.1, 0.15) is 37.0 Å². The number of piperidine rings is 1. The highest BCUT2D eigenvalue weighted by molar-refractivity contribution is 5.96. The summed E-state index contributed by atoms with van der Waals surface area (Å²) in [7, 11) is 0. The number of carbonyl (C=O) groups excluding carboxylic acids is 1. The molecule has 2 heterocycles. The van der Waals surface area contributed by atoms with Crippen molar-refractivity contribution in [2.45, 2.75) is 33.2 Å².